The molecule has 7 heteroatoms. The molecule has 0 radical (unpaired) electrons. The number of carboxylic acids is 2. The van der Waals surface area contributed by atoms with Crippen molar-refractivity contribution in [2.75, 3.05) is 0 Å². The van der Waals surface area contributed by atoms with E-state index in [0.29, 0.717) is 21.7 Å². The molecule has 158 valence electrons. The van der Waals surface area contributed by atoms with Crippen molar-refractivity contribution in [3.8, 4) is 11.1 Å². The van der Waals surface area contributed by atoms with Crippen molar-refractivity contribution < 1.29 is 24.6 Å². The number of benzene rings is 3. The predicted molar refractivity (Wildman–Crippen MR) is 118 cm³/mol. The van der Waals surface area contributed by atoms with Gasteiger partial charge in [-0.2, -0.15) is 0 Å². The first-order valence-electron chi connectivity index (χ1n) is 9.54. The van der Waals surface area contributed by atoms with Gasteiger partial charge in [-0.15, -0.1) is 0 Å². The summed E-state index contributed by atoms with van der Waals surface area (Å²) < 4.78 is 0. The van der Waals surface area contributed by atoms with E-state index in [9.17, 15) is 24.6 Å². The minimum absolute atomic E-state index is 0.127. The van der Waals surface area contributed by atoms with Gasteiger partial charge in [0.1, 0.15) is 0 Å². The molecule has 0 spiro atoms. The zero-order valence-corrected chi connectivity index (χ0v) is 17.2. The van der Waals surface area contributed by atoms with Gasteiger partial charge in [-0.25, -0.2) is 4.79 Å². The number of carboxylic acid groups (broad SMARTS) is 2. The van der Waals surface area contributed by atoms with E-state index in [-0.39, 0.29) is 18.4 Å². The Balaban J connectivity index is 1.84. The van der Waals surface area contributed by atoms with Gasteiger partial charge >= 0.3 is 11.9 Å². The molecule has 3 rings (SSSR count). The van der Waals surface area contributed by atoms with Crippen LogP contribution in [0.4, 0.5) is 0 Å². The standard InChI is InChI=1S/C24H20ClNO5/c25-21-11-4-1-6-16(21)13-18(14-22(27)28)26-23(29)17-8-5-7-15(12-17)19-9-2-3-10-20(19)24(30)31/h1-12,18H,13-14H2,(H,26,29)(H,27,28)(H,30,31)/t18-/m1/s1. The maximum Gasteiger partial charge on any atom is 0.336 e. The number of amides is 1. The van der Waals surface area contributed by atoms with Crippen molar-refractivity contribution in [1.29, 1.82) is 0 Å². The van der Waals surface area contributed by atoms with Gasteiger partial charge in [0.2, 0.25) is 0 Å². The Morgan fingerprint density at radius 2 is 1.61 bits per heavy atom. The summed E-state index contributed by atoms with van der Waals surface area (Å²) in [6, 6.07) is 19.5. The molecule has 0 bridgehead atoms. The highest BCUT2D eigenvalue weighted by molar-refractivity contribution is 6.31. The van der Waals surface area contributed by atoms with Crippen LogP contribution in [0.5, 0.6) is 0 Å². The molecule has 0 aromatic heterocycles. The lowest BCUT2D eigenvalue weighted by molar-refractivity contribution is -0.137. The molecule has 0 saturated heterocycles. The molecule has 0 aliphatic rings. The van der Waals surface area contributed by atoms with E-state index < -0.39 is 23.9 Å². The number of rotatable bonds is 8. The van der Waals surface area contributed by atoms with Gasteiger partial charge in [0, 0.05) is 16.6 Å². The number of halogens is 1. The Bertz CT molecular complexity index is 1130. The molecule has 0 fully saturated rings. The number of aliphatic carboxylic acids is 1. The average Bonchev–Trinajstić information content (AvgIpc) is 2.75. The Kier molecular flexibility index (Phi) is 7.05. The van der Waals surface area contributed by atoms with Crippen molar-refractivity contribution in [1.82, 2.24) is 5.32 Å². The lowest BCUT2D eigenvalue weighted by Crippen LogP contribution is -2.38. The summed E-state index contributed by atoms with van der Waals surface area (Å²) in [6.45, 7) is 0. The van der Waals surface area contributed by atoms with Gasteiger partial charge in [0.15, 0.2) is 0 Å². The van der Waals surface area contributed by atoms with Crippen molar-refractivity contribution in [3.05, 3.63) is 94.5 Å². The van der Waals surface area contributed by atoms with Crippen molar-refractivity contribution in [3.63, 3.8) is 0 Å². The number of carbonyl (C=O) groups is 3. The zero-order valence-electron chi connectivity index (χ0n) is 16.4. The maximum atomic E-state index is 12.9. The molecule has 0 aliphatic heterocycles. The van der Waals surface area contributed by atoms with Crippen LogP contribution >= 0.6 is 11.6 Å². The number of hydrogen-bond donors (Lipinski definition) is 3. The summed E-state index contributed by atoms with van der Waals surface area (Å²) in [6.07, 6.45) is -0.00223. The minimum atomic E-state index is -1.06. The van der Waals surface area contributed by atoms with Gasteiger partial charge in [-0.3, -0.25) is 9.59 Å². The largest absolute Gasteiger partial charge is 0.481 e. The molecule has 6 nitrogen and oxygen atoms in total. The number of nitrogens with one attached hydrogen (secondary N) is 1. The Labute approximate surface area is 184 Å². The minimum Gasteiger partial charge on any atom is -0.481 e. The van der Waals surface area contributed by atoms with Gasteiger partial charge < -0.3 is 15.5 Å². The molecule has 1 amide bonds. The van der Waals surface area contributed by atoms with Crippen LogP contribution in [0.15, 0.2) is 72.8 Å². The van der Waals surface area contributed by atoms with E-state index >= 15 is 0 Å². The van der Waals surface area contributed by atoms with E-state index in [4.69, 9.17) is 11.6 Å². The predicted octanol–water partition coefficient (Wildman–Crippen LogP) is 4.52. The van der Waals surface area contributed by atoms with Gasteiger partial charge in [0.05, 0.1) is 12.0 Å². The lowest BCUT2D eigenvalue weighted by atomic mass is 9.97. The second kappa shape index (κ2) is 9.91. The molecule has 0 saturated carbocycles. The summed E-state index contributed by atoms with van der Waals surface area (Å²) in [5, 5.41) is 21.9. The van der Waals surface area contributed by atoms with Crippen LogP contribution in [0.2, 0.25) is 5.02 Å². The Morgan fingerprint density at radius 3 is 2.32 bits per heavy atom. The van der Waals surface area contributed by atoms with Crippen LogP contribution in [0.1, 0.15) is 32.7 Å². The number of aromatic carboxylic acids is 1. The van der Waals surface area contributed by atoms with Gasteiger partial charge in [-0.1, -0.05) is 60.1 Å². The second-order valence-corrected chi connectivity index (χ2v) is 7.40. The summed E-state index contributed by atoms with van der Waals surface area (Å²) >= 11 is 6.18. The number of carbonyl (C=O) groups excluding carboxylic acids is 1. The normalized spacial score (nSPS) is 11.5. The fourth-order valence-corrected chi connectivity index (χ4v) is 3.55. The Morgan fingerprint density at radius 1 is 0.903 bits per heavy atom. The molecule has 1 atom stereocenters. The fraction of sp³-hybridized carbons (Fsp3) is 0.125. The van der Waals surface area contributed by atoms with Crippen LogP contribution < -0.4 is 5.32 Å². The third kappa shape index (κ3) is 5.71. The highest BCUT2D eigenvalue weighted by Gasteiger charge is 2.19. The van der Waals surface area contributed by atoms with Crippen LogP contribution in [0.25, 0.3) is 11.1 Å². The fourth-order valence-electron chi connectivity index (χ4n) is 3.33. The summed E-state index contributed by atoms with van der Waals surface area (Å²) in [5.74, 6) is -2.55. The van der Waals surface area contributed by atoms with E-state index in [1.807, 2.05) is 0 Å². The zero-order chi connectivity index (χ0) is 22.4. The second-order valence-electron chi connectivity index (χ2n) is 7.00. The van der Waals surface area contributed by atoms with E-state index in [1.54, 1.807) is 66.7 Å². The SMILES string of the molecule is O=C(O)C[C@@H](Cc1ccccc1Cl)NC(=O)c1cccc(-c2ccccc2C(=O)O)c1. The van der Waals surface area contributed by atoms with E-state index in [0.717, 1.165) is 5.56 Å². The smallest absolute Gasteiger partial charge is 0.336 e. The summed E-state index contributed by atoms with van der Waals surface area (Å²) in [5.41, 5.74) is 2.23. The van der Waals surface area contributed by atoms with Crippen LogP contribution in [0.3, 0.4) is 0 Å². The van der Waals surface area contributed by atoms with Crippen molar-refractivity contribution in [2.24, 2.45) is 0 Å². The first-order valence-corrected chi connectivity index (χ1v) is 9.91. The van der Waals surface area contributed by atoms with Crippen LogP contribution in [0, 0.1) is 0 Å². The topological polar surface area (TPSA) is 104 Å². The van der Waals surface area contributed by atoms with Crippen molar-refractivity contribution in [2.45, 2.75) is 18.9 Å². The molecular formula is C24H20ClNO5. The third-order valence-electron chi connectivity index (χ3n) is 4.77. The number of hydrogen-bond acceptors (Lipinski definition) is 3. The first-order chi connectivity index (χ1) is 14.8. The molecule has 3 aromatic rings. The molecule has 0 unspecified atom stereocenters. The molecule has 31 heavy (non-hydrogen) atoms. The molecule has 3 N–H and O–H groups in total. The average molecular weight is 438 g/mol. The molecule has 0 aliphatic carbocycles. The molecule has 3 aromatic carbocycles. The van der Waals surface area contributed by atoms with E-state index in [1.165, 1.54) is 6.07 Å². The van der Waals surface area contributed by atoms with Crippen LogP contribution in [-0.4, -0.2) is 34.1 Å². The van der Waals surface area contributed by atoms with Crippen molar-refractivity contribution >= 4 is 29.4 Å². The summed E-state index contributed by atoms with van der Waals surface area (Å²) in [4.78, 5) is 35.7. The monoisotopic (exact) mass is 437 g/mol. The van der Waals surface area contributed by atoms with E-state index in [2.05, 4.69) is 5.32 Å². The van der Waals surface area contributed by atoms with Gasteiger partial charge in [0.25, 0.3) is 5.91 Å². The van der Waals surface area contributed by atoms with Crippen LogP contribution in [-0.2, 0) is 11.2 Å². The Hall–Kier alpha value is -3.64. The first kappa shape index (κ1) is 22.1. The maximum absolute atomic E-state index is 12.9. The summed E-state index contributed by atoms with van der Waals surface area (Å²) in [7, 11) is 0. The third-order valence-corrected chi connectivity index (χ3v) is 5.14. The molecular weight excluding hydrogens is 418 g/mol. The molecule has 0 heterocycles. The van der Waals surface area contributed by atoms with Gasteiger partial charge in [-0.05, 0) is 47.4 Å². The highest BCUT2D eigenvalue weighted by Crippen LogP contribution is 2.25. The lowest BCUT2D eigenvalue weighted by Gasteiger charge is -2.18. The highest BCUT2D eigenvalue weighted by atomic mass is 35.5. The quantitative estimate of drug-likeness (QED) is 0.480.